The third-order valence-electron chi connectivity index (χ3n) is 2.20. The average molecular weight is 275 g/mol. The number of hydrogen-bond acceptors (Lipinski definition) is 3. The van der Waals surface area contributed by atoms with Crippen LogP contribution in [-0.4, -0.2) is 22.2 Å². The molecule has 0 saturated carbocycles. The topological polar surface area (TPSA) is 80.4 Å². The lowest BCUT2D eigenvalue weighted by Gasteiger charge is -2.11. The van der Waals surface area contributed by atoms with Gasteiger partial charge in [-0.2, -0.15) is 13.2 Å². The first-order valence-electron chi connectivity index (χ1n) is 4.94. The molecule has 1 aromatic carbocycles. The van der Waals surface area contributed by atoms with Crippen molar-refractivity contribution in [3.63, 3.8) is 0 Å². The summed E-state index contributed by atoms with van der Waals surface area (Å²) >= 11 is 0. The molecule has 0 spiro atoms. The predicted molar refractivity (Wildman–Crippen MR) is 59.3 cm³/mol. The summed E-state index contributed by atoms with van der Waals surface area (Å²) in [6, 6.07) is 4.68. The fraction of sp³-hybridized carbons (Fsp3) is 0.182. The van der Waals surface area contributed by atoms with Crippen LogP contribution in [0, 0.1) is 16.0 Å². The molecule has 5 nitrogen and oxygen atoms in total. The van der Waals surface area contributed by atoms with E-state index in [2.05, 4.69) is 0 Å². The summed E-state index contributed by atoms with van der Waals surface area (Å²) in [5.41, 5.74) is 0.0313. The van der Waals surface area contributed by atoms with Gasteiger partial charge in [0.15, 0.2) is 5.92 Å². The minimum atomic E-state index is -4.89. The Morgan fingerprint density at radius 2 is 1.84 bits per heavy atom. The third-order valence-corrected chi connectivity index (χ3v) is 2.20. The number of alkyl halides is 3. The molecule has 0 fully saturated rings. The zero-order valence-electron chi connectivity index (χ0n) is 9.29. The van der Waals surface area contributed by atoms with Gasteiger partial charge in [-0.1, -0.05) is 12.2 Å². The zero-order chi connectivity index (χ0) is 14.6. The molecular weight excluding hydrogens is 267 g/mol. The first-order chi connectivity index (χ1) is 8.71. The van der Waals surface area contributed by atoms with Crippen LogP contribution in [0.25, 0.3) is 6.08 Å². The van der Waals surface area contributed by atoms with Crippen molar-refractivity contribution >= 4 is 17.7 Å². The number of halogens is 3. The number of carboxylic acid groups (broad SMARTS) is 1. The van der Waals surface area contributed by atoms with Crippen molar-refractivity contribution in [2.45, 2.75) is 6.18 Å². The maximum Gasteiger partial charge on any atom is 0.405 e. The molecule has 0 radical (unpaired) electrons. The number of hydrogen-bond donors (Lipinski definition) is 1. The summed E-state index contributed by atoms with van der Waals surface area (Å²) in [4.78, 5) is 20.2. The summed E-state index contributed by atoms with van der Waals surface area (Å²) in [5.74, 6) is -4.62. The van der Waals surface area contributed by atoms with Crippen LogP contribution in [0.15, 0.2) is 30.3 Å². The Balaban J connectivity index is 2.91. The second-order valence-corrected chi connectivity index (χ2v) is 3.57. The molecule has 19 heavy (non-hydrogen) atoms. The number of aliphatic carboxylic acids is 1. The van der Waals surface area contributed by atoms with Gasteiger partial charge in [-0.3, -0.25) is 14.9 Å². The Bertz CT molecular complexity index is 508. The van der Waals surface area contributed by atoms with Crippen LogP contribution < -0.4 is 0 Å². The molecule has 0 aliphatic carbocycles. The molecule has 0 aromatic heterocycles. The maximum atomic E-state index is 12.3. The number of nitro benzene ring substituents is 1. The van der Waals surface area contributed by atoms with E-state index >= 15 is 0 Å². The third kappa shape index (κ3) is 4.09. The van der Waals surface area contributed by atoms with Gasteiger partial charge in [0.1, 0.15) is 0 Å². The van der Waals surface area contributed by atoms with Crippen molar-refractivity contribution in [1.82, 2.24) is 0 Å². The zero-order valence-corrected chi connectivity index (χ0v) is 9.29. The van der Waals surface area contributed by atoms with Crippen molar-refractivity contribution in [3.8, 4) is 0 Å². The van der Waals surface area contributed by atoms with Gasteiger partial charge in [-0.05, 0) is 17.7 Å². The van der Waals surface area contributed by atoms with E-state index in [0.717, 1.165) is 18.2 Å². The number of carbonyl (C=O) groups is 1. The molecule has 0 bridgehead atoms. The Morgan fingerprint density at radius 3 is 2.21 bits per heavy atom. The quantitative estimate of drug-likeness (QED) is 0.676. The van der Waals surface area contributed by atoms with Gasteiger partial charge in [0.25, 0.3) is 5.69 Å². The molecule has 1 N–H and O–H groups in total. The molecule has 1 rings (SSSR count). The second-order valence-electron chi connectivity index (χ2n) is 3.57. The Kier molecular flexibility index (Phi) is 4.26. The van der Waals surface area contributed by atoms with Gasteiger partial charge in [0.2, 0.25) is 0 Å². The molecule has 1 unspecified atom stereocenters. The van der Waals surface area contributed by atoms with Crippen LogP contribution in [0.2, 0.25) is 0 Å². The van der Waals surface area contributed by atoms with E-state index in [-0.39, 0.29) is 11.3 Å². The van der Waals surface area contributed by atoms with E-state index in [1.807, 2.05) is 0 Å². The summed E-state index contributed by atoms with van der Waals surface area (Å²) in [7, 11) is 0. The number of nitro groups is 1. The standard InChI is InChI=1S/C11H8F3NO4/c12-11(13,14)9(10(16)17)6-3-7-1-4-8(5-2-7)15(18)19/h1-6,9H,(H,16,17)/b6-3-. The maximum absolute atomic E-state index is 12.3. The lowest BCUT2D eigenvalue weighted by atomic mass is 10.1. The van der Waals surface area contributed by atoms with E-state index in [4.69, 9.17) is 5.11 Å². The lowest BCUT2D eigenvalue weighted by molar-refractivity contribution is -0.384. The van der Waals surface area contributed by atoms with E-state index in [1.165, 1.54) is 12.1 Å². The number of benzene rings is 1. The molecule has 0 aliphatic rings. The first kappa shape index (κ1) is 14.7. The van der Waals surface area contributed by atoms with E-state index in [0.29, 0.717) is 6.08 Å². The van der Waals surface area contributed by atoms with Crippen LogP contribution >= 0.6 is 0 Å². The van der Waals surface area contributed by atoms with Gasteiger partial charge < -0.3 is 5.11 Å². The van der Waals surface area contributed by atoms with Gasteiger partial charge in [-0.25, -0.2) is 0 Å². The van der Waals surface area contributed by atoms with Crippen molar-refractivity contribution in [2.75, 3.05) is 0 Å². The van der Waals surface area contributed by atoms with Gasteiger partial charge in [0.05, 0.1) is 4.92 Å². The number of carboxylic acids is 1. The van der Waals surface area contributed by atoms with Gasteiger partial charge in [-0.15, -0.1) is 0 Å². The monoisotopic (exact) mass is 275 g/mol. The SMILES string of the molecule is O=C(O)C(/C=C\c1ccc([N+](=O)[O-])cc1)C(F)(F)F. The fourth-order valence-corrected chi connectivity index (χ4v) is 1.25. The highest BCUT2D eigenvalue weighted by atomic mass is 19.4. The normalized spacial score (nSPS) is 13.4. The molecule has 8 heteroatoms. The van der Waals surface area contributed by atoms with Gasteiger partial charge in [0, 0.05) is 12.1 Å². The molecular formula is C11H8F3NO4. The highest BCUT2D eigenvalue weighted by molar-refractivity contribution is 5.74. The lowest BCUT2D eigenvalue weighted by Crippen LogP contribution is -2.28. The molecule has 1 atom stereocenters. The molecule has 1 aromatic rings. The highest BCUT2D eigenvalue weighted by Gasteiger charge is 2.43. The minimum absolute atomic E-state index is 0.206. The van der Waals surface area contributed by atoms with Crippen molar-refractivity contribution < 1.29 is 28.0 Å². The minimum Gasteiger partial charge on any atom is -0.481 e. The largest absolute Gasteiger partial charge is 0.481 e. The summed E-state index contributed by atoms with van der Waals surface area (Å²) < 4.78 is 37.0. The molecule has 102 valence electrons. The van der Waals surface area contributed by atoms with Crippen LogP contribution in [0.3, 0.4) is 0 Å². The average Bonchev–Trinajstić information content (AvgIpc) is 2.27. The fourth-order valence-electron chi connectivity index (χ4n) is 1.25. The second kappa shape index (κ2) is 5.51. The van der Waals surface area contributed by atoms with Crippen molar-refractivity contribution in [1.29, 1.82) is 0 Å². The van der Waals surface area contributed by atoms with Crippen molar-refractivity contribution in [2.24, 2.45) is 5.92 Å². The Hall–Kier alpha value is -2.38. The number of nitrogens with zero attached hydrogens (tertiary/aromatic N) is 1. The van der Waals surface area contributed by atoms with E-state index in [1.54, 1.807) is 0 Å². The summed E-state index contributed by atoms with van der Waals surface area (Å²) in [5, 5.41) is 18.8. The van der Waals surface area contributed by atoms with Crippen LogP contribution in [0.5, 0.6) is 0 Å². The molecule has 0 heterocycles. The van der Waals surface area contributed by atoms with Crippen LogP contribution in [-0.2, 0) is 4.79 Å². The van der Waals surface area contributed by atoms with Gasteiger partial charge >= 0.3 is 12.1 Å². The summed E-state index contributed by atoms with van der Waals surface area (Å²) in [6.45, 7) is 0. The van der Waals surface area contributed by atoms with Crippen LogP contribution in [0.4, 0.5) is 18.9 Å². The highest BCUT2D eigenvalue weighted by Crippen LogP contribution is 2.28. The first-order valence-corrected chi connectivity index (χ1v) is 4.94. The number of non-ortho nitro benzene ring substituents is 1. The molecule has 0 saturated heterocycles. The van der Waals surface area contributed by atoms with E-state index < -0.39 is 23.0 Å². The van der Waals surface area contributed by atoms with Crippen LogP contribution in [0.1, 0.15) is 5.56 Å². The predicted octanol–water partition coefficient (Wildman–Crippen LogP) is 2.87. The molecule has 0 amide bonds. The molecule has 0 aliphatic heterocycles. The Labute approximate surface area is 105 Å². The summed E-state index contributed by atoms with van der Waals surface area (Å²) in [6.07, 6.45) is -3.44. The van der Waals surface area contributed by atoms with Crippen molar-refractivity contribution in [3.05, 3.63) is 46.0 Å². The number of rotatable bonds is 4. The smallest absolute Gasteiger partial charge is 0.405 e. The van der Waals surface area contributed by atoms with E-state index in [9.17, 15) is 28.1 Å². The Morgan fingerprint density at radius 1 is 1.32 bits per heavy atom.